The van der Waals surface area contributed by atoms with Gasteiger partial charge >= 0.3 is 0 Å². The quantitative estimate of drug-likeness (QED) is 0.595. The zero-order valence-corrected chi connectivity index (χ0v) is 9.70. The van der Waals surface area contributed by atoms with Crippen LogP contribution in [-0.2, 0) is 0 Å². The van der Waals surface area contributed by atoms with Gasteiger partial charge in [0.05, 0.1) is 11.9 Å². The first kappa shape index (κ1) is 11.4. The molecule has 0 aromatic heterocycles. The lowest BCUT2D eigenvalue weighted by Gasteiger charge is -2.18. The van der Waals surface area contributed by atoms with Gasteiger partial charge in [0.15, 0.2) is 0 Å². The Balaban J connectivity index is 3.13. The third-order valence-electron chi connectivity index (χ3n) is 2.27. The minimum atomic E-state index is 1.11. The summed E-state index contributed by atoms with van der Waals surface area (Å²) in [4.78, 5) is 0. The van der Waals surface area contributed by atoms with Gasteiger partial charge in [0, 0.05) is 13.3 Å². The molecule has 1 rings (SSSR count). The lowest BCUT2D eigenvalue weighted by molar-refractivity contribution is 1.00. The molecule has 15 heavy (non-hydrogen) atoms. The fourth-order valence-corrected chi connectivity index (χ4v) is 1.87. The Kier molecular flexibility index (Phi) is 3.61. The summed E-state index contributed by atoms with van der Waals surface area (Å²) in [7, 11) is 1.89. The summed E-state index contributed by atoms with van der Waals surface area (Å²) in [6, 6.07) is 4.28. The van der Waals surface area contributed by atoms with Crippen molar-refractivity contribution in [1.82, 2.24) is 0 Å². The van der Waals surface area contributed by atoms with E-state index in [1.807, 2.05) is 7.05 Å². The van der Waals surface area contributed by atoms with Crippen LogP contribution in [0.5, 0.6) is 0 Å². The summed E-state index contributed by atoms with van der Waals surface area (Å²) >= 11 is 0. The van der Waals surface area contributed by atoms with E-state index in [-0.39, 0.29) is 0 Å². The van der Waals surface area contributed by atoms with Gasteiger partial charge in [-0.05, 0) is 31.9 Å². The molecule has 0 radical (unpaired) electrons. The fraction of sp³-hybridized carbons (Fsp3) is 0.333. The van der Waals surface area contributed by atoms with Gasteiger partial charge in [0.1, 0.15) is 0 Å². The van der Waals surface area contributed by atoms with Crippen LogP contribution in [0.3, 0.4) is 0 Å². The topological polar surface area (TPSA) is 39.5 Å². The second-order valence-electron chi connectivity index (χ2n) is 3.70. The molecule has 3 nitrogen and oxygen atoms in total. The van der Waals surface area contributed by atoms with Crippen molar-refractivity contribution in [3.8, 4) is 0 Å². The molecule has 0 amide bonds. The van der Waals surface area contributed by atoms with E-state index in [1.165, 1.54) is 29.1 Å². The maximum atomic E-state index is 6.90. The minimum Gasteiger partial charge on any atom is -0.307 e. The van der Waals surface area contributed by atoms with Gasteiger partial charge in [0.25, 0.3) is 0 Å². The van der Waals surface area contributed by atoms with Gasteiger partial charge in [-0.3, -0.25) is 5.01 Å². The average molecular weight is 203 g/mol. The Morgan fingerprint density at radius 3 is 2.20 bits per heavy atom. The number of nitrogens with zero attached hydrogens (tertiary/aromatic N) is 2. The van der Waals surface area contributed by atoms with E-state index in [2.05, 4.69) is 38.0 Å². The van der Waals surface area contributed by atoms with E-state index in [4.69, 9.17) is 5.41 Å². The lowest BCUT2D eigenvalue weighted by atomic mass is 10.1. The van der Waals surface area contributed by atoms with Crippen molar-refractivity contribution in [2.45, 2.75) is 20.8 Å². The van der Waals surface area contributed by atoms with Crippen LogP contribution < -0.4 is 5.01 Å². The van der Waals surface area contributed by atoms with Gasteiger partial charge in [-0.2, -0.15) is 5.10 Å². The average Bonchev–Trinajstić information content (AvgIpc) is 2.12. The second kappa shape index (κ2) is 4.73. The zero-order valence-electron chi connectivity index (χ0n) is 9.70. The van der Waals surface area contributed by atoms with Crippen molar-refractivity contribution in [2.75, 3.05) is 12.1 Å². The zero-order chi connectivity index (χ0) is 11.4. The Labute approximate surface area is 90.9 Å². The third kappa shape index (κ3) is 2.65. The number of nitrogens with one attached hydrogen (secondary N) is 1. The summed E-state index contributed by atoms with van der Waals surface area (Å²) < 4.78 is 0. The molecule has 0 aliphatic rings. The van der Waals surface area contributed by atoms with Crippen LogP contribution in [0, 0.1) is 26.2 Å². The molecule has 1 aromatic carbocycles. The van der Waals surface area contributed by atoms with Crippen molar-refractivity contribution in [3.05, 3.63) is 28.8 Å². The summed E-state index contributed by atoms with van der Waals surface area (Å²) in [6.07, 6.45) is 2.65. The SMILES string of the molecule is Cc1cc(C)c(N(C)/N=C\C=N)c(C)c1. The number of anilines is 1. The first-order valence-corrected chi connectivity index (χ1v) is 4.91. The van der Waals surface area contributed by atoms with Crippen LogP contribution in [0.2, 0.25) is 0 Å². The normalized spacial score (nSPS) is 10.7. The van der Waals surface area contributed by atoms with Crippen molar-refractivity contribution >= 4 is 18.1 Å². The molecule has 0 bridgehead atoms. The molecule has 0 saturated heterocycles. The summed E-state index contributed by atoms with van der Waals surface area (Å²) in [5, 5.41) is 12.8. The van der Waals surface area contributed by atoms with E-state index in [0.717, 1.165) is 5.69 Å². The summed E-state index contributed by atoms with van der Waals surface area (Å²) in [5.74, 6) is 0. The Morgan fingerprint density at radius 2 is 1.73 bits per heavy atom. The molecule has 0 atom stereocenters. The number of hydrazone groups is 1. The first-order valence-electron chi connectivity index (χ1n) is 4.91. The predicted octanol–water partition coefficient (Wildman–Crippen LogP) is 2.68. The van der Waals surface area contributed by atoms with Crippen molar-refractivity contribution < 1.29 is 0 Å². The monoisotopic (exact) mass is 203 g/mol. The van der Waals surface area contributed by atoms with Gasteiger partial charge < -0.3 is 5.41 Å². The number of hydrogen-bond donors (Lipinski definition) is 1. The van der Waals surface area contributed by atoms with Crippen LogP contribution in [0.25, 0.3) is 0 Å². The number of benzene rings is 1. The van der Waals surface area contributed by atoms with E-state index in [0.29, 0.717) is 0 Å². The minimum absolute atomic E-state index is 1.11. The van der Waals surface area contributed by atoms with Crippen LogP contribution >= 0.6 is 0 Å². The highest BCUT2D eigenvalue weighted by atomic mass is 15.4. The van der Waals surface area contributed by atoms with Crippen LogP contribution in [0.4, 0.5) is 5.69 Å². The number of aryl methyl sites for hydroxylation is 3. The molecular weight excluding hydrogens is 186 g/mol. The summed E-state index contributed by atoms with van der Waals surface area (Å²) in [5.41, 5.74) is 4.78. The molecule has 0 aliphatic heterocycles. The third-order valence-corrected chi connectivity index (χ3v) is 2.27. The van der Waals surface area contributed by atoms with Crippen molar-refractivity contribution in [1.29, 1.82) is 5.41 Å². The molecule has 0 aliphatic carbocycles. The van der Waals surface area contributed by atoms with Crippen LogP contribution in [0.15, 0.2) is 17.2 Å². The molecule has 0 unspecified atom stereocenters. The van der Waals surface area contributed by atoms with E-state index < -0.39 is 0 Å². The van der Waals surface area contributed by atoms with Gasteiger partial charge in [-0.1, -0.05) is 17.7 Å². The van der Waals surface area contributed by atoms with E-state index >= 15 is 0 Å². The van der Waals surface area contributed by atoms with Gasteiger partial charge in [-0.25, -0.2) is 0 Å². The Morgan fingerprint density at radius 1 is 1.20 bits per heavy atom. The highest BCUT2D eigenvalue weighted by molar-refractivity contribution is 6.14. The molecule has 0 fully saturated rings. The largest absolute Gasteiger partial charge is 0.307 e. The van der Waals surface area contributed by atoms with Crippen LogP contribution in [0.1, 0.15) is 16.7 Å². The lowest BCUT2D eigenvalue weighted by Crippen LogP contribution is -2.12. The molecule has 3 heteroatoms. The van der Waals surface area contributed by atoms with Gasteiger partial charge in [0.2, 0.25) is 0 Å². The van der Waals surface area contributed by atoms with Crippen molar-refractivity contribution in [2.24, 2.45) is 5.10 Å². The molecule has 0 heterocycles. The van der Waals surface area contributed by atoms with E-state index in [1.54, 1.807) is 5.01 Å². The number of hydrogen-bond acceptors (Lipinski definition) is 3. The Bertz CT molecular complexity index is 371. The predicted molar refractivity (Wildman–Crippen MR) is 66.3 cm³/mol. The number of rotatable bonds is 3. The van der Waals surface area contributed by atoms with Crippen LogP contribution in [-0.4, -0.2) is 19.5 Å². The molecule has 1 N–H and O–H groups in total. The standard InChI is InChI=1S/C12H17N3/c1-9-7-10(2)12(11(3)8-9)15(4)14-6-5-13/h5-8,13H,1-4H3/b13-5?,14-6-. The Hall–Kier alpha value is -1.64. The molecule has 80 valence electrons. The maximum absolute atomic E-state index is 6.90. The molecule has 0 saturated carbocycles. The highest BCUT2D eigenvalue weighted by Gasteiger charge is 2.06. The van der Waals surface area contributed by atoms with Crippen molar-refractivity contribution in [3.63, 3.8) is 0 Å². The smallest absolute Gasteiger partial charge is 0.0650 e. The molecule has 0 spiro atoms. The van der Waals surface area contributed by atoms with Gasteiger partial charge in [-0.15, -0.1) is 0 Å². The molecular formula is C12H17N3. The fourth-order valence-electron chi connectivity index (χ4n) is 1.87. The highest BCUT2D eigenvalue weighted by Crippen LogP contribution is 2.25. The van der Waals surface area contributed by atoms with E-state index in [9.17, 15) is 0 Å². The first-order chi connectivity index (χ1) is 7.06. The second-order valence-corrected chi connectivity index (χ2v) is 3.70. The maximum Gasteiger partial charge on any atom is 0.0650 e. The summed E-state index contributed by atoms with van der Waals surface area (Å²) in [6.45, 7) is 6.24. The molecule has 1 aromatic rings.